The van der Waals surface area contributed by atoms with Gasteiger partial charge in [0.25, 0.3) is 0 Å². The van der Waals surface area contributed by atoms with Crippen molar-refractivity contribution >= 4 is 44.8 Å². The molecule has 2 rings (SSSR count). The molecule has 126 valence electrons. The van der Waals surface area contributed by atoms with Crippen molar-refractivity contribution in [2.75, 3.05) is 14.2 Å². The Kier molecular flexibility index (Phi) is 6.15. The Balaban J connectivity index is 2.33. The van der Waals surface area contributed by atoms with Crippen LogP contribution in [0.1, 0.15) is 20.7 Å². The summed E-state index contributed by atoms with van der Waals surface area (Å²) in [4.78, 5) is 25.4. The zero-order chi connectivity index (χ0) is 17.7. The van der Waals surface area contributed by atoms with Crippen molar-refractivity contribution in [3.63, 3.8) is 0 Å². The second kappa shape index (κ2) is 7.92. The summed E-state index contributed by atoms with van der Waals surface area (Å²) in [5.74, 6) is -0.00117. The fourth-order valence-electron chi connectivity index (χ4n) is 2.03. The topological polar surface area (TPSA) is 52.6 Å². The molecule has 2 aromatic rings. The first kappa shape index (κ1) is 18.6. The second-order valence-electron chi connectivity index (χ2n) is 4.79. The van der Waals surface area contributed by atoms with E-state index in [0.29, 0.717) is 22.5 Å². The van der Waals surface area contributed by atoms with Crippen molar-refractivity contribution in [3.8, 4) is 11.5 Å². The average Bonchev–Trinajstić information content (AvgIpc) is 2.66. The molecule has 0 aliphatic carbocycles. The molecule has 24 heavy (non-hydrogen) atoms. The van der Waals surface area contributed by atoms with E-state index in [2.05, 4.69) is 0 Å². The largest absolute Gasteiger partial charge is 0.497 e. The molecular formula is C17H14Cl2O4S. The summed E-state index contributed by atoms with van der Waals surface area (Å²) in [6.45, 7) is 0. The number of hydrogen-bond donors (Lipinski definition) is 0. The maximum absolute atomic E-state index is 12.7. The smallest absolute Gasteiger partial charge is 0.229 e. The number of ether oxygens (including phenoxy) is 2. The third kappa shape index (κ3) is 3.69. The molecule has 0 aliphatic rings. The van der Waals surface area contributed by atoms with E-state index in [1.54, 1.807) is 24.3 Å². The van der Waals surface area contributed by atoms with Crippen LogP contribution in [-0.2, 0) is 0 Å². The lowest BCUT2D eigenvalue weighted by molar-refractivity contribution is 0.0884. The van der Waals surface area contributed by atoms with Gasteiger partial charge in [-0.15, -0.1) is 0 Å². The van der Waals surface area contributed by atoms with Crippen LogP contribution in [0.25, 0.3) is 0 Å². The summed E-state index contributed by atoms with van der Waals surface area (Å²) in [6.07, 6.45) is 0. The van der Waals surface area contributed by atoms with Gasteiger partial charge in [0.05, 0.1) is 14.2 Å². The van der Waals surface area contributed by atoms with E-state index in [1.807, 2.05) is 0 Å². The van der Waals surface area contributed by atoms with Gasteiger partial charge in [-0.2, -0.15) is 0 Å². The van der Waals surface area contributed by atoms with E-state index in [0.717, 1.165) is 0 Å². The van der Waals surface area contributed by atoms with Gasteiger partial charge in [-0.1, -0.05) is 11.6 Å². The van der Waals surface area contributed by atoms with E-state index in [-0.39, 0.29) is 11.1 Å². The van der Waals surface area contributed by atoms with Crippen LogP contribution in [0.5, 0.6) is 11.5 Å². The van der Waals surface area contributed by atoms with Crippen LogP contribution in [0.4, 0.5) is 0 Å². The number of rotatable bonds is 7. The Morgan fingerprint density at radius 2 is 1.17 bits per heavy atom. The molecule has 0 saturated heterocycles. The van der Waals surface area contributed by atoms with Crippen LogP contribution in [0.3, 0.4) is 0 Å². The summed E-state index contributed by atoms with van der Waals surface area (Å²) in [6, 6.07) is 12.6. The third-order valence-corrected chi connectivity index (χ3v) is 5.48. The van der Waals surface area contributed by atoms with Crippen molar-refractivity contribution in [1.29, 1.82) is 0 Å². The van der Waals surface area contributed by atoms with Crippen LogP contribution in [0.2, 0.25) is 0 Å². The fraction of sp³-hybridized carbons (Fsp3) is 0.176. The summed E-state index contributed by atoms with van der Waals surface area (Å²) in [5, 5.41) is 0. The fourth-order valence-corrected chi connectivity index (χ4v) is 3.04. The van der Waals surface area contributed by atoms with Crippen LogP contribution in [0, 0.1) is 0 Å². The van der Waals surface area contributed by atoms with Gasteiger partial charge in [0.2, 0.25) is 15.8 Å². The van der Waals surface area contributed by atoms with Crippen LogP contribution < -0.4 is 9.47 Å². The zero-order valence-corrected chi connectivity index (χ0v) is 15.2. The standard InChI is InChI=1S/C17H14Cl2O4S/c1-22-13-7-3-11(4-8-13)15(20)17(18,24-19)16(21)12-5-9-14(23-2)10-6-12/h3-10H,1-2H3. The Morgan fingerprint density at radius 3 is 1.42 bits per heavy atom. The van der Waals surface area contributed by atoms with Crippen molar-refractivity contribution in [3.05, 3.63) is 59.7 Å². The number of Topliss-reactive ketones (excluding diaryl/α,β-unsaturated/α-hetero) is 2. The normalized spacial score (nSPS) is 11.0. The number of carbonyl (C=O) groups excluding carboxylic acids is 2. The number of benzene rings is 2. The van der Waals surface area contributed by atoms with Gasteiger partial charge in [0.15, 0.2) is 0 Å². The maximum Gasteiger partial charge on any atom is 0.229 e. The Hall–Kier alpha value is -1.69. The highest BCUT2D eigenvalue weighted by molar-refractivity contribution is 8.24. The molecule has 0 unspecified atom stereocenters. The highest BCUT2D eigenvalue weighted by atomic mass is 35.7. The number of alkyl halides is 1. The molecule has 0 saturated carbocycles. The molecule has 0 aliphatic heterocycles. The average molecular weight is 385 g/mol. The molecule has 0 N–H and O–H groups in total. The monoisotopic (exact) mass is 384 g/mol. The molecule has 0 spiro atoms. The number of halogens is 2. The maximum atomic E-state index is 12.7. The van der Waals surface area contributed by atoms with Crippen molar-refractivity contribution in [2.45, 2.75) is 4.21 Å². The van der Waals surface area contributed by atoms with Gasteiger partial charge in [-0.3, -0.25) is 9.59 Å². The second-order valence-corrected chi connectivity index (χ2v) is 6.81. The Bertz CT molecular complexity index is 670. The van der Waals surface area contributed by atoms with Gasteiger partial charge in [-0.25, -0.2) is 0 Å². The van der Waals surface area contributed by atoms with E-state index in [1.165, 1.54) is 38.5 Å². The highest BCUT2D eigenvalue weighted by Crippen LogP contribution is 2.40. The Morgan fingerprint density at radius 1 is 0.833 bits per heavy atom. The summed E-state index contributed by atoms with van der Waals surface area (Å²) in [5.41, 5.74) is 0.529. The molecule has 0 heterocycles. The van der Waals surface area contributed by atoms with Crippen molar-refractivity contribution in [2.24, 2.45) is 0 Å². The number of ketones is 2. The molecule has 4 nitrogen and oxygen atoms in total. The van der Waals surface area contributed by atoms with Gasteiger partial charge in [0.1, 0.15) is 11.5 Å². The highest BCUT2D eigenvalue weighted by Gasteiger charge is 2.45. The third-order valence-electron chi connectivity index (χ3n) is 3.39. The molecule has 7 heteroatoms. The predicted octanol–water partition coefficient (Wildman–Crippen LogP) is 4.59. The lowest BCUT2D eigenvalue weighted by Gasteiger charge is -2.20. The lowest BCUT2D eigenvalue weighted by Crippen LogP contribution is -2.37. The van der Waals surface area contributed by atoms with E-state index in [9.17, 15) is 9.59 Å². The van der Waals surface area contributed by atoms with Crippen LogP contribution in [-0.4, -0.2) is 30.0 Å². The van der Waals surface area contributed by atoms with Crippen LogP contribution in [0.15, 0.2) is 48.5 Å². The first-order valence-electron chi connectivity index (χ1n) is 6.82. The van der Waals surface area contributed by atoms with Crippen molar-refractivity contribution < 1.29 is 19.1 Å². The minimum Gasteiger partial charge on any atom is -0.497 e. The molecule has 0 radical (unpaired) electrons. The first-order valence-corrected chi connectivity index (χ1v) is 8.84. The van der Waals surface area contributed by atoms with Gasteiger partial charge < -0.3 is 9.47 Å². The quantitative estimate of drug-likeness (QED) is 0.396. The molecule has 0 amide bonds. The predicted molar refractivity (Wildman–Crippen MR) is 96.7 cm³/mol. The first-order chi connectivity index (χ1) is 11.5. The molecule has 0 fully saturated rings. The lowest BCUT2D eigenvalue weighted by atomic mass is 10.00. The van der Waals surface area contributed by atoms with Gasteiger partial charge in [-0.05, 0) is 70.2 Å². The molecule has 0 bridgehead atoms. The zero-order valence-electron chi connectivity index (χ0n) is 12.9. The molecule has 2 aromatic carbocycles. The minimum absolute atomic E-state index is 0.265. The minimum atomic E-state index is -1.95. The number of hydrogen-bond acceptors (Lipinski definition) is 5. The van der Waals surface area contributed by atoms with Gasteiger partial charge in [0, 0.05) is 11.1 Å². The number of carbonyl (C=O) groups is 2. The Labute approximate surface area is 153 Å². The van der Waals surface area contributed by atoms with E-state index in [4.69, 9.17) is 31.8 Å². The van der Waals surface area contributed by atoms with E-state index < -0.39 is 15.8 Å². The van der Waals surface area contributed by atoms with Gasteiger partial charge >= 0.3 is 0 Å². The van der Waals surface area contributed by atoms with Crippen molar-refractivity contribution in [1.82, 2.24) is 0 Å². The summed E-state index contributed by atoms with van der Waals surface area (Å²) >= 11 is 6.31. The van der Waals surface area contributed by atoms with E-state index >= 15 is 0 Å². The SMILES string of the molecule is COc1ccc(C(=O)C(Cl)(SCl)C(=O)c2ccc(OC)cc2)cc1. The van der Waals surface area contributed by atoms with Crippen LogP contribution >= 0.6 is 33.3 Å². The molecular weight excluding hydrogens is 371 g/mol. The summed E-state index contributed by atoms with van der Waals surface area (Å²) < 4.78 is 8.14. The summed E-state index contributed by atoms with van der Waals surface area (Å²) in [7, 11) is 9.32. The molecule has 0 aromatic heterocycles. The number of methoxy groups -OCH3 is 2. The molecule has 0 atom stereocenters.